The Morgan fingerprint density at radius 3 is 2.17 bits per heavy atom. The normalized spacial score (nSPS) is 13.5. The molecule has 0 bridgehead atoms. The van der Waals surface area contributed by atoms with Crippen LogP contribution in [0.3, 0.4) is 0 Å². The lowest BCUT2D eigenvalue weighted by atomic mass is 10.0. The van der Waals surface area contributed by atoms with Crippen molar-refractivity contribution in [3.63, 3.8) is 0 Å². The summed E-state index contributed by atoms with van der Waals surface area (Å²) in [5.41, 5.74) is 0. The Balaban J connectivity index is 3.41. The second-order valence-corrected chi connectivity index (χ2v) is 6.01. The van der Waals surface area contributed by atoms with Crippen LogP contribution in [-0.2, 0) is 4.79 Å². The van der Waals surface area contributed by atoms with Gasteiger partial charge in [0, 0.05) is 6.08 Å². The van der Waals surface area contributed by atoms with E-state index in [0.717, 1.165) is 44.6 Å². The van der Waals surface area contributed by atoms with E-state index in [4.69, 9.17) is 5.11 Å². The number of allylic oxidation sites excluding steroid dienone is 5. The van der Waals surface area contributed by atoms with Crippen LogP contribution in [0.5, 0.6) is 0 Å². The zero-order chi connectivity index (χ0) is 17.2. The van der Waals surface area contributed by atoms with Gasteiger partial charge in [-0.15, -0.1) is 0 Å². The van der Waals surface area contributed by atoms with Crippen LogP contribution in [0.25, 0.3) is 0 Å². The summed E-state index contributed by atoms with van der Waals surface area (Å²) in [6.07, 6.45) is 22.7. The van der Waals surface area contributed by atoms with Crippen LogP contribution in [0.4, 0.5) is 0 Å². The van der Waals surface area contributed by atoms with Crippen LogP contribution in [0, 0.1) is 0 Å². The van der Waals surface area contributed by atoms with Crippen molar-refractivity contribution in [3.05, 3.63) is 36.5 Å². The van der Waals surface area contributed by atoms with Gasteiger partial charge in [-0.1, -0.05) is 82.2 Å². The SMILES string of the molecule is CCCCCCCC[C@@H](O)CCCC/C=C/C=C/C=C/C(=O)O. The summed E-state index contributed by atoms with van der Waals surface area (Å²) in [6, 6.07) is 0. The number of aliphatic hydroxyl groups excluding tert-OH is 1. The van der Waals surface area contributed by atoms with Crippen molar-refractivity contribution in [2.24, 2.45) is 0 Å². The molecule has 0 spiro atoms. The number of hydrogen-bond acceptors (Lipinski definition) is 2. The molecule has 0 unspecified atom stereocenters. The second kappa shape index (κ2) is 17.0. The van der Waals surface area contributed by atoms with Gasteiger partial charge in [-0.05, 0) is 25.7 Å². The molecule has 0 saturated heterocycles. The van der Waals surface area contributed by atoms with Crippen LogP contribution in [0.2, 0.25) is 0 Å². The second-order valence-electron chi connectivity index (χ2n) is 6.01. The minimum atomic E-state index is -0.932. The van der Waals surface area contributed by atoms with Crippen molar-refractivity contribution in [3.8, 4) is 0 Å². The minimum Gasteiger partial charge on any atom is -0.478 e. The highest BCUT2D eigenvalue weighted by Crippen LogP contribution is 2.12. The number of aliphatic hydroxyl groups is 1. The number of carboxylic acids is 1. The van der Waals surface area contributed by atoms with Crippen molar-refractivity contribution in [2.75, 3.05) is 0 Å². The van der Waals surface area contributed by atoms with Crippen molar-refractivity contribution >= 4 is 5.97 Å². The molecular weight excluding hydrogens is 288 g/mol. The van der Waals surface area contributed by atoms with Crippen LogP contribution >= 0.6 is 0 Å². The van der Waals surface area contributed by atoms with Gasteiger partial charge >= 0.3 is 5.97 Å². The van der Waals surface area contributed by atoms with E-state index in [1.807, 2.05) is 12.2 Å². The number of unbranched alkanes of at least 4 members (excludes halogenated alkanes) is 7. The van der Waals surface area contributed by atoms with Crippen molar-refractivity contribution in [1.29, 1.82) is 0 Å². The highest BCUT2D eigenvalue weighted by Gasteiger charge is 2.03. The number of aliphatic carboxylic acids is 1. The molecule has 0 heterocycles. The molecule has 0 aromatic carbocycles. The third-order valence-corrected chi connectivity index (χ3v) is 3.76. The summed E-state index contributed by atoms with van der Waals surface area (Å²) in [4.78, 5) is 10.2. The van der Waals surface area contributed by atoms with Crippen molar-refractivity contribution < 1.29 is 15.0 Å². The molecule has 0 aliphatic carbocycles. The average Bonchev–Trinajstić information content (AvgIpc) is 2.52. The van der Waals surface area contributed by atoms with E-state index in [0.29, 0.717) is 0 Å². The molecule has 0 aliphatic heterocycles. The van der Waals surface area contributed by atoms with Gasteiger partial charge in [-0.2, -0.15) is 0 Å². The van der Waals surface area contributed by atoms with E-state index in [9.17, 15) is 9.90 Å². The Morgan fingerprint density at radius 1 is 0.870 bits per heavy atom. The molecular formula is C20H34O3. The summed E-state index contributed by atoms with van der Waals surface area (Å²) < 4.78 is 0. The monoisotopic (exact) mass is 322 g/mol. The van der Waals surface area contributed by atoms with E-state index in [1.54, 1.807) is 6.08 Å². The molecule has 23 heavy (non-hydrogen) atoms. The summed E-state index contributed by atoms with van der Waals surface area (Å²) >= 11 is 0. The maximum atomic E-state index is 10.2. The smallest absolute Gasteiger partial charge is 0.328 e. The van der Waals surface area contributed by atoms with Gasteiger partial charge in [0.05, 0.1) is 6.10 Å². The van der Waals surface area contributed by atoms with Crippen LogP contribution in [-0.4, -0.2) is 22.3 Å². The molecule has 0 aromatic rings. The van der Waals surface area contributed by atoms with Crippen molar-refractivity contribution in [1.82, 2.24) is 0 Å². The molecule has 0 fully saturated rings. The fourth-order valence-corrected chi connectivity index (χ4v) is 2.39. The zero-order valence-electron chi connectivity index (χ0n) is 14.6. The minimum absolute atomic E-state index is 0.133. The third kappa shape index (κ3) is 18.6. The van der Waals surface area contributed by atoms with Gasteiger partial charge in [0.25, 0.3) is 0 Å². The summed E-state index contributed by atoms with van der Waals surface area (Å²) in [5.74, 6) is -0.932. The summed E-state index contributed by atoms with van der Waals surface area (Å²) in [6.45, 7) is 2.23. The molecule has 0 rings (SSSR count). The molecule has 2 N–H and O–H groups in total. The molecule has 0 aromatic heterocycles. The summed E-state index contributed by atoms with van der Waals surface area (Å²) in [7, 11) is 0. The van der Waals surface area contributed by atoms with E-state index in [-0.39, 0.29) is 6.10 Å². The van der Waals surface area contributed by atoms with Gasteiger partial charge in [0.15, 0.2) is 0 Å². The van der Waals surface area contributed by atoms with Gasteiger partial charge in [-0.3, -0.25) is 0 Å². The zero-order valence-corrected chi connectivity index (χ0v) is 14.6. The van der Waals surface area contributed by atoms with E-state index in [1.165, 1.54) is 38.2 Å². The first-order valence-electron chi connectivity index (χ1n) is 9.07. The fraction of sp³-hybridized carbons (Fsp3) is 0.650. The van der Waals surface area contributed by atoms with Crippen LogP contribution in [0.15, 0.2) is 36.5 Å². The predicted molar refractivity (Wildman–Crippen MR) is 97.5 cm³/mol. The largest absolute Gasteiger partial charge is 0.478 e. The van der Waals surface area contributed by atoms with Gasteiger partial charge in [0.1, 0.15) is 0 Å². The highest BCUT2D eigenvalue weighted by atomic mass is 16.4. The molecule has 0 amide bonds. The standard InChI is InChI=1S/C20H34O3/c1-2-3-4-5-10-13-16-19(21)17-14-11-8-6-7-9-12-15-18-20(22)23/h6-7,9,12,15,18-19,21H,2-5,8,10-11,13-14,16-17H2,1H3,(H,22,23)/b7-6+,12-9+,18-15+/t19-/m1/s1. The van der Waals surface area contributed by atoms with Gasteiger partial charge < -0.3 is 10.2 Å². The van der Waals surface area contributed by atoms with E-state index in [2.05, 4.69) is 13.0 Å². The van der Waals surface area contributed by atoms with Crippen LogP contribution in [0.1, 0.15) is 77.6 Å². The van der Waals surface area contributed by atoms with E-state index >= 15 is 0 Å². The Kier molecular flexibility index (Phi) is 16.0. The number of hydrogen-bond donors (Lipinski definition) is 2. The molecule has 3 heteroatoms. The third-order valence-electron chi connectivity index (χ3n) is 3.76. The molecule has 0 radical (unpaired) electrons. The maximum Gasteiger partial charge on any atom is 0.328 e. The maximum absolute atomic E-state index is 10.2. The lowest BCUT2D eigenvalue weighted by Crippen LogP contribution is -2.05. The number of rotatable bonds is 15. The number of carboxylic acid groups (broad SMARTS) is 1. The van der Waals surface area contributed by atoms with Gasteiger partial charge in [0.2, 0.25) is 0 Å². The lowest BCUT2D eigenvalue weighted by molar-refractivity contribution is -0.131. The Labute approximate surface area is 141 Å². The molecule has 0 saturated carbocycles. The highest BCUT2D eigenvalue weighted by molar-refractivity contribution is 5.80. The van der Waals surface area contributed by atoms with E-state index < -0.39 is 5.97 Å². The topological polar surface area (TPSA) is 57.5 Å². The fourth-order valence-electron chi connectivity index (χ4n) is 2.39. The van der Waals surface area contributed by atoms with Crippen molar-refractivity contribution in [2.45, 2.75) is 83.7 Å². The first-order valence-corrected chi connectivity index (χ1v) is 9.07. The molecule has 132 valence electrons. The molecule has 1 atom stereocenters. The predicted octanol–water partition coefficient (Wildman–Crippen LogP) is 5.41. The quantitative estimate of drug-likeness (QED) is 0.241. The Hall–Kier alpha value is -1.35. The molecule has 0 aliphatic rings. The first kappa shape index (κ1) is 21.6. The average molecular weight is 322 g/mol. The summed E-state index contributed by atoms with van der Waals surface area (Å²) in [5, 5.41) is 18.3. The van der Waals surface area contributed by atoms with Crippen LogP contribution < -0.4 is 0 Å². The first-order chi connectivity index (χ1) is 11.2. The Bertz CT molecular complexity index is 356. The number of carbonyl (C=O) groups is 1. The Morgan fingerprint density at radius 2 is 1.48 bits per heavy atom. The van der Waals surface area contributed by atoms with Gasteiger partial charge in [-0.25, -0.2) is 4.79 Å². The molecule has 3 nitrogen and oxygen atoms in total. The lowest BCUT2D eigenvalue weighted by Gasteiger charge is -2.09.